The fraction of sp³-hybridized carbons (Fsp3) is 0.138. The van der Waals surface area contributed by atoms with Gasteiger partial charge >= 0.3 is 0 Å². The molecule has 0 saturated heterocycles. The van der Waals surface area contributed by atoms with Gasteiger partial charge in [0.1, 0.15) is 5.70 Å². The average molecular weight is 480 g/mol. The maximum atomic E-state index is 13.1. The van der Waals surface area contributed by atoms with E-state index in [9.17, 15) is 9.59 Å². The van der Waals surface area contributed by atoms with Gasteiger partial charge in [-0.3, -0.25) is 9.59 Å². The lowest BCUT2D eigenvalue weighted by Crippen LogP contribution is -2.32. The van der Waals surface area contributed by atoms with Crippen molar-refractivity contribution in [1.82, 2.24) is 15.7 Å². The molecule has 4 rings (SSSR count). The van der Waals surface area contributed by atoms with Crippen LogP contribution in [0.3, 0.4) is 0 Å². The molecule has 0 spiro atoms. The Morgan fingerprint density at radius 2 is 1.61 bits per heavy atom. The molecule has 2 amide bonds. The van der Waals surface area contributed by atoms with Crippen LogP contribution < -0.4 is 15.6 Å². The van der Waals surface area contributed by atoms with Crippen molar-refractivity contribution >= 4 is 40.7 Å². The number of carbonyl (C=O) groups excluding carboxylic acids is 2. The van der Waals surface area contributed by atoms with Gasteiger partial charge in [0.15, 0.2) is 0 Å². The van der Waals surface area contributed by atoms with Crippen molar-refractivity contribution in [2.45, 2.75) is 13.8 Å². The summed E-state index contributed by atoms with van der Waals surface area (Å²) in [6.07, 6.45) is 5.04. The molecule has 7 heteroatoms. The molecule has 0 aliphatic heterocycles. The predicted molar refractivity (Wildman–Crippen MR) is 146 cm³/mol. The standard InChI is InChI=1S/C29H29N5O2/c1-3-34(4-2)24-16-14-21(15-17-24)18-27(32-28(35)22-10-6-5-7-11-22)29(36)33-31-20-23-19-30-26-13-9-8-12-25(23)26/h5-20,30H,3-4H2,1-2H3,(H,32,35)(H,33,36). The van der Waals surface area contributed by atoms with Crippen LogP contribution in [0.15, 0.2) is 95.9 Å². The number of nitrogens with one attached hydrogen (secondary N) is 3. The van der Waals surface area contributed by atoms with E-state index in [4.69, 9.17) is 0 Å². The first-order valence-corrected chi connectivity index (χ1v) is 11.9. The molecular weight excluding hydrogens is 450 g/mol. The number of rotatable bonds is 9. The number of hydrogen-bond donors (Lipinski definition) is 3. The molecule has 4 aromatic rings. The van der Waals surface area contributed by atoms with Gasteiger partial charge in [0, 0.05) is 47.0 Å². The number of amides is 2. The first-order chi connectivity index (χ1) is 17.6. The van der Waals surface area contributed by atoms with E-state index in [0.29, 0.717) is 5.56 Å². The van der Waals surface area contributed by atoms with Crippen molar-refractivity contribution in [2.75, 3.05) is 18.0 Å². The predicted octanol–water partition coefficient (Wildman–Crippen LogP) is 4.94. The molecule has 3 N–H and O–H groups in total. The summed E-state index contributed by atoms with van der Waals surface area (Å²) < 4.78 is 0. The molecule has 1 aromatic heterocycles. The van der Waals surface area contributed by atoms with Crippen LogP contribution in [0.1, 0.15) is 35.3 Å². The van der Waals surface area contributed by atoms with Crippen LogP contribution in [0, 0.1) is 0 Å². The Balaban J connectivity index is 1.56. The van der Waals surface area contributed by atoms with Crippen LogP contribution in [-0.2, 0) is 4.79 Å². The number of hydrazone groups is 1. The van der Waals surface area contributed by atoms with Crippen LogP contribution in [-0.4, -0.2) is 36.1 Å². The maximum absolute atomic E-state index is 13.1. The van der Waals surface area contributed by atoms with E-state index in [2.05, 4.69) is 39.6 Å². The van der Waals surface area contributed by atoms with Crippen LogP contribution in [0.4, 0.5) is 5.69 Å². The lowest BCUT2D eigenvalue weighted by Gasteiger charge is -2.20. The van der Waals surface area contributed by atoms with Gasteiger partial charge in [0.05, 0.1) is 6.21 Å². The van der Waals surface area contributed by atoms with Crippen LogP contribution in [0.25, 0.3) is 17.0 Å². The third-order valence-corrected chi connectivity index (χ3v) is 5.85. The Bertz CT molecular complexity index is 1380. The van der Waals surface area contributed by atoms with Crippen LogP contribution in [0.2, 0.25) is 0 Å². The molecule has 0 aliphatic rings. The normalized spacial score (nSPS) is 11.6. The Hall–Kier alpha value is -4.65. The topological polar surface area (TPSA) is 89.6 Å². The number of nitrogens with zero attached hydrogens (tertiary/aromatic N) is 2. The summed E-state index contributed by atoms with van der Waals surface area (Å²) in [6, 6.07) is 24.4. The van der Waals surface area contributed by atoms with Crippen molar-refractivity contribution < 1.29 is 9.59 Å². The molecule has 0 radical (unpaired) electrons. The van der Waals surface area contributed by atoms with Crippen molar-refractivity contribution in [1.29, 1.82) is 0 Å². The Kier molecular flexibility index (Phi) is 7.93. The highest BCUT2D eigenvalue weighted by atomic mass is 16.2. The lowest BCUT2D eigenvalue weighted by atomic mass is 10.1. The maximum Gasteiger partial charge on any atom is 0.287 e. The van der Waals surface area contributed by atoms with Crippen molar-refractivity contribution in [3.8, 4) is 0 Å². The zero-order valence-corrected chi connectivity index (χ0v) is 20.4. The smallest absolute Gasteiger partial charge is 0.287 e. The summed E-state index contributed by atoms with van der Waals surface area (Å²) in [5.74, 6) is -0.902. The van der Waals surface area contributed by atoms with Crippen molar-refractivity contribution in [2.24, 2.45) is 5.10 Å². The van der Waals surface area contributed by atoms with Gasteiger partial charge < -0.3 is 15.2 Å². The SMILES string of the molecule is CCN(CC)c1ccc(C=C(NC(=O)c2ccccc2)C(=O)NN=Cc2c[nH]c3ccccc23)cc1. The number of para-hydroxylation sites is 1. The van der Waals surface area contributed by atoms with Crippen molar-refractivity contribution in [3.63, 3.8) is 0 Å². The summed E-state index contributed by atoms with van der Waals surface area (Å²) in [5.41, 5.74) is 6.79. The van der Waals surface area contributed by atoms with E-state index >= 15 is 0 Å². The van der Waals surface area contributed by atoms with E-state index in [1.807, 2.05) is 60.8 Å². The van der Waals surface area contributed by atoms with Crippen LogP contribution >= 0.6 is 0 Å². The summed E-state index contributed by atoms with van der Waals surface area (Å²) in [5, 5.41) is 7.85. The number of hydrogen-bond acceptors (Lipinski definition) is 4. The van der Waals surface area contributed by atoms with Gasteiger partial charge in [0.25, 0.3) is 11.8 Å². The highest BCUT2D eigenvalue weighted by molar-refractivity contribution is 6.06. The molecule has 182 valence electrons. The largest absolute Gasteiger partial charge is 0.372 e. The molecule has 3 aromatic carbocycles. The minimum atomic E-state index is -0.525. The third-order valence-electron chi connectivity index (χ3n) is 5.85. The summed E-state index contributed by atoms with van der Waals surface area (Å²) in [6.45, 7) is 6.02. The Morgan fingerprint density at radius 1 is 0.917 bits per heavy atom. The van der Waals surface area contributed by atoms with Gasteiger partial charge in [-0.25, -0.2) is 5.43 Å². The minimum Gasteiger partial charge on any atom is -0.372 e. The molecule has 0 bridgehead atoms. The first kappa shape index (κ1) is 24.5. The minimum absolute atomic E-state index is 0.0931. The molecule has 1 heterocycles. The van der Waals surface area contributed by atoms with Gasteiger partial charge in [-0.05, 0) is 55.8 Å². The number of anilines is 1. The molecule has 0 unspecified atom stereocenters. The van der Waals surface area contributed by atoms with Gasteiger partial charge in [-0.2, -0.15) is 5.10 Å². The number of aromatic nitrogens is 1. The quantitative estimate of drug-likeness (QED) is 0.181. The third kappa shape index (κ3) is 5.88. The van der Waals surface area contributed by atoms with E-state index in [1.54, 1.807) is 36.6 Å². The van der Waals surface area contributed by atoms with Crippen molar-refractivity contribution in [3.05, 3.63) is 107 Å². The summed E-state index contributed by atoms with van der Waals surface area (Å²) in [4.78, 5) is 31.3. The Labute approximate surface area is 210 Å². The lowest BCUT2D eigenvalue weighted by molar-refractivity contribution is -0.117. The molecule has 0 aliphatic carbocycles. The molecular formula is C29H29N5O2. The second kappa shape index (κ2) is 11.7. The number of benzene rings is 3. The average Bonchev–Trinajstić information content (AvgIpc) is 3.33. The first-order valence-electron chi connectivity index (χ1n) is 11.9. The number of carbonyl (C=O) groups is 2. The van der Waals surface area contributed by atoms with Gasteiger partial charge in [-0.1, -0.05) is 48.5 Å². The summed E-state index contributed by atoms with van der Waals surface area (Å²) in [7, 11) is 0. The second-order valence-electron chi connectivity index (χ2n) is 8.13. The molecule has 0 atom stereocenters. The highest BCUT2D eigenvalue weighted by Gasteiger charge is 2.14. The molecule has 0 fully saturated rings. The van der Waals surface area contributed by atoms with Gasteiger partial charge in [-0.15, -0.1) is 0 Å². The molecule has 7 nitrogen and oxygen atoms in total. The summed E-state index contributed by atoms with van der Waals surface area (Å²) >= 11 is 0. The fourth-order valence-electron chi connectivity index (χ4n) is 3.90. The highest BCUT2D eigenvalue weighted by Crippen LogP contribution is 2.17. The van der Waals surface area contributed by atoms with Gasteiger partial charge in [0.2, 0.25) is 0 Å². The number of fused-ring (bicyclic) bond motifs is 1. The zero-order valence-electron chi connectivity index (χ0n) is 20.4. The molecule has 36 heavy (non-hydrogen) atoms. The van der Waals surface area contributed by atoms with E-state index in [1.165, 1.54) is 0 Å². The van der Waals surface area contributed by atoms with E-state index in [-0.39, 0.29) is 11.6 Å². The van der Waals surface area contributed by atoms with E-state index in [0.717, 1.165) is 40.8 Å². The second-order valence-corrected chi connectivity index (χ2v) is 8.13. The monoisotopic (exact) mass is 479 g/mol. The molecule has 0 saturated carbocycles. The van der Waals surface area contributed by atoms with Crippen LogP contribution in [0.5, 0.6) is 0 Å². The Morgan fingerprint density at radius 3 is 2.33 bits per heavy atom. The fourth-order valence-corrected chi connectivity index (χ4v) is 3.90. The van der Waals surface area contributed by atoms with E-state index < -0.39 is 5.91 Å². The number of H-pyrrole nitrogens is 1. The zero-order chi connectivity index (χ0) is 25.3. The number of aromatic amines is 1.